The van der Waals surface area contributed by atoms with E-state index in [0.717, 1.165) is 6.42 Å². The number of nitrogens with zero attached hydrogens (tertiary/aromatic N) is 1. The second-order valence-corrected chi connectivity index (χ2v) is 5.23. The van der Waals surface area contributed by atoms with Gasteiger partial charge in [-0.1, -0.05) is 0 Å². The number of piperidine rings is 1. The number of hydrogen-bond acceptors (Lipinski definition) is 4. The van der Waals surface area contributed by atoms with Gasteiger partial charge in [-0.05, 0) is 25.3 Å². The molecule has 0 bridgehead atoms. The van der Waals surface area contributed by atoms with Crippen LogP contribution in [0.1, 0.15) is 29.6 Å². The van der Waals surface area contributed by atoms with Gasteiger partial charge in [0.2, 0.25) is 5.91 Å². The highest BCUT2D eigenvalue weighted by atomic mass is 16.5. The van der Waals surface area contributed by atoms with E-state index in [2.05, 4.69) is 0 Å². The second-order valence-electron chi connectivity index (χ2n) is 5.23. The Balaban J connectivity index is 2.13. The molecule has 2 N–H and O–H groups in total. The topological polar surface area (TPSA) is 85.8 Å². The third kappa shape index (κ3) is 2.85. The summed E-state index contributed by atoms with van der Waals surface area (Å²) < 4.78 is 9.99. The summed E-state index contributed by atoms with van der Waals surface area (Å²) in [6.07, 6.45) is 4.87. The average Bonchev–Trinajstić information content (AvgIpc) is 2.98. The number of carbonyl (C=O) groups is 2. The summed E-state index contributed by atoms with van der Waals surface area (Å²) in [5, 5.41) is 0. The van der Waals surface area contributed by atoms with Crippen LogP contribution in [0.3, 0.4) is 0 Å². The maximum atomic E-state index is 12.3. The summed E-state index contributed by atoms with van der Waals surface area (Å²) in [4.78, 5) is 25.8. The van der Waals surface area contributed by atoms with Crippen LogP contribution in [-0.4, -0.2) is 43.5 Å². The van der Waals surface area contributed by atoms with E-state index in [1.807, 2.05) is 0 Å². The molecule has 1 aromatic rings. The first kappa shape index (κ1) is 14.6. The Labute approximate surface area is 117 Å². The molecule has 110 valence electrons. The minimum absolute atomic E-state index is 0.124. The Morgan fingerprint density at radius 3 is 2.95 bits per heavy atom. The van der Waals surface area contributed by atoms with Crippen molar-refractivity contribution in [3.8, 4) is 0 Å². The molecule has 1 aliphatic rings. The Kier molecular flexibility index (Phi) is 4.44. The molecule has 1 aromatic heterocycles. The second kappa shape index (κ2) is 6.09. The minimum Gasteiger partial charge on any atom is -0.472 e. The number of furan rings is 1. The molecule has 1 aliphatic heterocycles. The number of primary amides is 1. The molecular weight excluding hydrogens is 260 g/mol. The summed E-state index contributed by atoms with van der Waals surface area (Å²) in [6.45, 7) is 1.43. The van der Waals surface area contributed by atoms with Crippen LogP contribution in [-0.2, 0) is 9.53 Å². The molecule has 0 radical (unpaired) electrons. The number of amides is 2. The molecule has 1 fully saturated rings. The SMILES string of the molecule is COCCC1(C(N)=O)CCCN(C(=O)c2ccoc2)C1. The lowest BCUT2D eigenvalue weighted by atomic mass is 9.76. The highest BCUT2D eigenvalue weighted by Gasteiger charge is 2.41. The van der Waals surface area contributed by atoms with Gasteiger partial charge in [0.15, 0.2) is 0 Å². The molecular formula is C14H20N2O4. The molecule has 20 heavy (non-hydrogen) atoms. The third-order valence-corrected chi connectivity index (χ3v) is 3.94. The van der Waals surface area contributed by atoms with Gasteiger partial charge < -0.3 is 19.8 Å². The zero-order valence-corrected chi connectivity index (χ0v) is 11.6. The van der Waals surface area contributed by atoms with Crippen LogP contribution in [0.4, 0.5) is 0 Å². The van der Waals surface area contributed by atoms with Crippen LogP contribution in [0.25, 0.3) is 0 Å². The van der Waals surface area contributed by atoms with Gasteiger partial charge in [-0.25, -0.2) is 0 Å². The number of rotatable bonds is 5. The standard InChI is InChI=1S/C14H20N2O4/c1-19-8-5-14(13(15)18)4-2-6-16(10-14)12(17)11-3-7-20-9-11/h3,7,9H,2,4-6,8,10H2,1H3,(H2,15,18). The number of hydrogen-bond donors (Lipinski definition) is 1. The molecule has 0 aliphatic carbocycles. The lowest BCUT2D eigenvalue weighted by Gasteiger charge is -2.40. The van der Waals surface area contributed by atoms with Crippen LogP contribution in [0.15, 0.2) is 23.0 Å². The van der Waals surface area contributed by atoms with Gasteiger partial charge in [-0.3, -0.25) is 9.59 Å². The molecule has 6 nitrogen and oxygen atoms in total. The van der Waals surface area contributed by atoms with Gasteiger partial charge in [0, 0.05) is 26.8 Å². The Morgan fingerprint density at radius 2 is 2.35 bits per heavy atom. The molecule has 0 aromatic carbocycles. The van der Waals surface area contributed by atoms with Gasteiger partial charge >= 0.3 is 0 Å². The summed E-state index contributed by atoms with van der Waals surface area (Å²) in [5.74, 6) is -0.485. The number of nitrogens with two attached hydrogens (primary N) is 1. The minimum atomic E-state index is -0.687. The summed E-state index contributed by atoms with van der Waals surface area (Å²) in [7, 11) is 1.59. The molecule has 0 saturated carbocycles. The lowest BCUT2D eigenvalue weighted by molar-refractivity contribution is -0.131. The van der Waals surface area contributed by atoms with Crippen molar-refractivity contribution in [1.82, 2.24) is 4.90 Å². The normalized spacial score (nSPS) is 22.8. The molecule has 1 atom stereocenters. The molecule has 1 unspecified atom stereocenters. The van der Waals surface area contributed by atoms with Crippen molar-refractivity contribution in [2.75, 3.05) is 26.8 Å². The number of carbonyl (C=O) groups excluding carboxylic acids is 2. The number of ether oxygens (including phenoxy) is 1. The van der Waals surface area contributed by atoms with Crippen LogP contribution in [0.2, 0.25) is 0 Å². The molecule has 2 heterocycles. The predicted octanol–water partition coefficient (Wildman–Crippen LogP) is 1.02. The largest absolute Gasteiger partial charge is 0.472 e. The van der Waals surface area contributed by atoms with E-state index < -0.39 is 5.41 Å². The molecule has 6 heteroatoms. The van der Waals surface area contributed by atoms with E-state index in [1.165, 1.54) is 12.5 Å². The zero-order chi connectivity index (χ0) is 14.6. The zero-order valence-electron chi connectivity index (χ0n) is 11.6. The highest BCUT2D eigenvalue weighted by molar-refractivity contribution is 5.94. The first-order valence-corrected chi connectivity index (χ1v) is 6.69. The molecule has 2 rings (SSSR count). The van der Waals surface area contributed by atoms with Gasteiger partial charge in [0.05, 0.1) is 17.2 Å². The van der Waals surface area contributed by atoms with Gasteiger partial charge in [-0.2, -0.15) is 0 Å². The van der Waals surface area contributed by atoms with Crippen molar-refractivity contribution in [1.29, 1.82) is 0 Å². The maximum Gasteiger partial charge on any atom is 0.257 e. The Hall–Kier alpha value is -1.82. The molecule has 1 saturated heterocycles. The van der Waals surface area contributed by atoms with Crippen LogP contribution in [0.5, 0.6) is 0 Å². The van der Waals surface area contributed by atoms with E-state index in [-0.39, 0.29) is 11.8 Å². The van der Waals surface area contributed by atoms with Crippen molar-refractivity contribution in [2.45, 2.75) is 19.3 Å². The van der Waals surface area contributed by atoms with E-state index in [4.69, 9.17) is 14.9 Å². The van der Waals surface area contributed by atoms with Crippen LogP contribution in [0, 0.1) is 5.41 Å². The van der Waals surface area contributed by atoms with Gasteiger partial charge in [0.25, 0.3) is 5.91 Å². The van der Waals surface area contributed by atoms with Crippen molar-refractivity contribution >= 4 is 11.8 Å². The van der Waals surface area contributed by atoms with Gasteiger partial charge in [-0.15, -0.1) is 0 Å². The Bertz CT molecular complexity index is 472. The Morgan fingerprint density at radius 1 is 1.55 bits per heavy atom. The number of methoxy groups -OCH3 is 1. The lowest BCUT2D eigenvalue weighted by Crippen LogP contribution is -2.52. The highest BCUT2D eigenvalue weighted by Crippen LogP contribution is 2.34. The predicted molar refractivity (Wildman–Crippen MR) is 72.0 cm³/mol. The van der Waals surface area contributed by atoms with Crippen molar-refractivity contribution in [3.05, 3.63) is 24.2 Å². The summed E-state index contributed by atoms with van der Waals surface area (Å²) in [5.41, 5.74) is 5.38. The van der Waals surface area contributed by atoms with E-state index in [0.29, 0.717) is 38.1 Å². The fourth-order valence-electron chi connectivity index (χ4n) is 2.70. The van der Waals surface area contributed by atoms with Crippen LogP contribution >= 0.6 is 0 Å². The van der Waals surface area contributed by atoms with Crippen LogP contribution < -0.4 is 5.73 Å². The van der Waals surface area contributed by atoms with Crippen molar-refractivity contribution < 1.29 is 18.7 Å². The smallest absolute Gasteiger partial charge is 0.257 e. The van der Waals surface area contributed by atoms with E-state index in [9.17, 15) is 9.59 Å². The molecule has 2 amide bonds. The first-order valence-electron chi connectivity index (χ1n) is 6.69. The van der Waals surface area contributed by atoms with E-state index in [1.54, 1.807) is 18.1 Å². The molecule has 0 spiro atoms. The monoisotopic (exact) mass is 280 g/mol. The average molecular weight is 280 g/mol. The van der Waals surface area contributed by atoms with Crippen molar-refractivity contribution in [2.24, 2.45) is 11.1 Å². The van der Waals surface area contributed by atoms with E-state index >= 15 is 0 Å². The quantitative estimate of drug-likeness (QED) is 0.872. The first-order chi connectivity index (χ1) is 9.59. The maximum absolute atomic E-state index is 12.3. The third-order valence-electron chi connectivity index (χ3n) is 3.94. The van der Waals surface area contributed by atoms with Crippen molar-refractivity contribution in [3.63, 3.8) is 0 Å². The van der Waals surface area contributed by atoms with Gasteiger partial charge in [0.1, 0.15) is 6.26 Å². The fraction of sp³-hybridized carbons (Fsp3) is 0.571. The fourth-order valence-corrected chi connectivity index (χ4v) is 2.70. The number of likely N-dealkylation sites (tertiary alicyclic amines) is 1. The summed E-state index contributed by atoms with van der Waals surface area (Å²) in [6, 6.07) is 1.62. The summed E-state index contributed by atoms with van der Waals surface area (Å²) >= 11 is 0.